The van der Waals surface area contributed by atoms with Crippen LogP contribution < -0.4 is 10.5 Å². The average molecular weight is 304 g/mol. The Morgan fingerprint density at radius 2 is 2.24 bits per heavy atom. The lowest BCUT2D eigenvalue weighted by Gasteiger charge is -2.23. The molecular formula is C11H18BrN3O2. The van der Waals surface area contributed by atoms with E-state index < -0.39 is 0 Å². The maximum atomic E-state index is 11.7. The van der Waals surface area contributed by atoms with Gasteiger partial charge >= 0.3 is 0 Å². The van der Waals surface area contributed by atoms with Crippen molar-refractivity contribution in [2.24, 2.45) is 7.05 Å². The van der Waals surface area contributed by atoms with E-state index in [1.54, 1.807) is 13.2 Å². The van der Waals surface area contributed by atoms with Crippen molar-refractivity contribution < 1.29 is 4.74 Å². The van der Waals surface area contributed by atoms with Crippen LogP contribution in [0.2, 0.25) is 0 Å². The lowest BCUT2D eigenvalue weighted by molar-refractivity contribution is 0.154. The van der Waals surface area contributed by atoms with Gasteiger partial charge in [-0.3, -0.25) is 4.79 Å². The van der Waals surface area contributed by atoms with E-state index in [0.717, 1.165) is 18.8 Å². The number of hydrogen-bond donors (Lipinski definition) is 0. The second kappa shape index (κ2) is 6.76. The minimum absolute atomic E-state index is 0.127. The standard InChI is InChI=1S/C11H18BrN3O2/c1-4-15(6-7-17-5-2)9-8-13-14(3)11(16)10(9)12/h8H,4-7H2,1-3H3. The molecule has 1 rings (SSSR count). The summed E-state index contributed by atoms with van der Waals surface area (Å²) in [5.74, 6) is 0. The van der Waals surface area contributed by atoms with Crippen molar-refractivity contribution in [2.75, 3.05) is 31.2 Å². The van der Waals surface area contributed by atoms with Crippen LogP contribution in [-0.4, -0.2) is 36.1 Å². The molecule has 0 aromatic carbocycles. The normalized spacial score (nSPS) is 10.6. The van der Waals surface area contributed by atoms with Crippen LogP contribution in [0.3, 0.4) is 0 Å². The highest BCUT2D eigenvalue weighted by atomic mass is 79.9. The molecule has 1 aromatic rings. The Hall–Kier alpha value is -0.880. The fourth-order valence-corrected chi connectivity index (χ4v) is 2.10. The Morgan fingerprint density at radius 3 is 2.82 bits per heavy atom. The Bertz CT molecular complexity index is 420. The van der Waals surface area contributed by atoms with Gasteiger partial charge in [0.1, 0.15) is 4.47 Å². The van der Waals surface area contributed by atoms with Gasteiger partial charge in [-0.1, -0.05) is 0 Å². The van der Waals surface area contributed by atoms with Crippen molar-refractivity contribution in [1.29, 1.82) is 0 Å². The zero-order chi connectivity index (χ0) is 12.8. The molecule has 0 aliphatic heterocycles. The fourth-order valence-electron chi connectivity index (χ4n) is 1.49. The molecule has 0 atom stereocenters. The minimum Gasteiger partial charge on any atom is -0.380 e. The summed E-state index contributed by atoms with van der Waals surface area (Å²) >= 11 is 3.33. The molecule has 17 heavy (non-hydrogen) atoms. The van der Waals surface area contributed by atoms with Gasteiger partial charge in [-0.15, -0.1) is 0 Å². The Labute approximate surface area is 110 Å². The number of aryl methyl sites for hydroxylation is 1. The Morgan fingerprint density at radius 1 is 1.53 bits per heavy atom. The topological polar surface area (TPSA) is 47.4 Å². The molecule has 0 radical (unpaired) electrons. The summed E-state index contributed by atoms with van der Waals surface area (Å²) in [4.78, 5) is 13.8. The summed E-state index contributed by atoms with van der Waals surface area (Å²) in [7, 11) is 1.63. The predicted molar refractivity (Wildman–Crippen MR) is 71.6 cm³/mol. The summed E-state index contributed by atoms with van der Waals surface area (Å²) in [5.41, 5.74) is 0.688. The molecule has 96 valence electrons. The first-order valence-corrected chi connectivity index (χ1v) is 6.45. The molecule has 0 bridgehead atoms. The van der Waals surface area contributed by atoms with Crippen LogP contribution in [0, 0.1) is 0 Å². The molecule has 1 heterocycles. The summed E-state index contributed by atoms with van der Waals surface area (Å²) in [6.07, 6.45) is 1.70. The zero-order valence-corrected chi connectivity index (χ0v) is 12.0. The van der Waals surface area contributed by atoms with E-state index in [0.29, 0.717) is 17.7 Å². The quantitative estimate of drug-likeness (QED) is 0.746. The zero-order valence-electron chi connectivity index (χ0n) is 10.4. The predicted octanol–water partition coefficient (Wildman–Crippen LogP) is 1.41. The summed E-state index contributed by atoms with van der Waals surface area (Å²) in [6, 6.07) is 0. The highest BCUT2D eigenvalue weighted by Crippen LogP contribution is 2.20. The van der Waals surface area contributed by atoms with Gasteiger partial charge < -0.3 is 9.64 Å². The number of aromatic nitrogens is 2. The molecule has 0 saturated carbocycles. The maximum Gasteiger partial charge on any atom is 0.282 e. The molecule has 0 fully saturated rings. The van der Waals surface area contributed by atoms with E-state index in [4.69, 9.17) is 4.74 Å². The Kier molecular flexibility index (Phi) is 5.64. The highest BCUT2D eigenvalue weighted by Gasteiger charge is 2.12. The van der Waals surface area contributed by atoms with Gasteiger partial charge in [0.2, 0.25) is 0 Å². The first-order chi connectivity index (χ1) is 8.11. The molecule has 0 aliphatic rings. The Balaban J connectivity index is 2.89. The average Bonchev–Trinajstić information content (AvgIpc) is 2.33. The lowest BCUT2D eigenvalue weighted by Crippen LogP contribution is -2.31. The van der Waals surface area contributed by atoms with Crippen molar-refractivity contribution in [3.05, 3.63) is 21.0 Å². The SMILES string of the molecule is CCOCCN(CC)c1cnn(C)c(=O)c1Br. The summed E-state index contributed by atoms with van der Waals surface area (Å²) < 4.78 is 7.18. The largest absolute Gasteiger partial charge is 0.380 e. The molecule has 0 N–H and O–H groups in total. The van der Waals surface area contributed by atoms with Crippen LogP contribution in [-0.2, 0) is 11.8 Å². The van der Waals surface area contributed by atoms with E-state index in [1.807, 2.05) is 13.8 Å². The van der Waals surface area contributed by atoms with E-state index in [9.17, 15) is 4.79 Å². The van der Waals surface area contributed by atoms with E-state index in [2.05, 4.69) is 25.9 Å². The summed E-state index contributed by atoms with van der Waals surface area (Å²) in [5, 5.41) is 4.03. The lowest BCUT2D eigenvalue weighted by atomic mass is 10.4. The molecule has 1 aromatic heterocycles. The van der Waals surface area contributed by atoms with Crippen LogP contribution in [0.5, 0.6) is 0 Å². The molecule has 5 nitrogen and oxygen atoms in total. The first kappa shape index (κ1) is 14.2. The maximum absolute atomic E-state index is 11.7. The third kappa shape index (κ3) is 3.54. The first-order valence-electron chi connectivity index (χ1n) is 5.66. The molecule has 0 spiro atoms. The number of hydrogen-bond acceptors (Lipinski definition) is 4. The number of nitrogens with zero attached hydrogens (tertiary/aromatic N) is 3. The number of halogens is 1. The van der Waals surface area contributed by atoms with Crippen LogP contribution in [0.25, 0.3) is 0 Å². The highest BCUT2D eigenvalue weighted by molar-refractivity contribution is 9.10. The van der Waals surface area contributed by atoms with Gasteiger partial charge in [0.15, 0.2) is 0 Å². The van der Waals surface area contributed by atoms with E-state index in [1.165, 1.54) is 4.68 Å². The molecule has 0 amide bonds. The number of ether oxygens (including phenoxy) is 1. The third-order valence-electron chi connectivity index (χ3n) is 2.49. The smallest absolute Gasteiger partial charge is 0.282 e. The second-order valence-electron chi connectivity index (χ2n) is 3.55. The van der Waals surface area contributed by atoms with Crippen LogP contribution in [0.15, 0.2) is 15.5 Å². The van der Waals surface area contributed by atoms with Crippen molar-refractivity contribution in [1.82, 2.24) is 9.78 Å². The molecule has 0 unspecified atom stereocenters. The van der Waals surface area contributed by atoms with E-state index in [-0.39, 0.29) is 5.56 Å². The van der Waals surface area contributed by atoms with Crippen molar-refractivity contribution in [2.45, 2.75) is 13.8 Å². The van der Waals surface area contributed by atoms with Gasteiger partial charge in [-0.2, -0.15) is 5.10 Å². The molecule has 0 saturated heterocycles. The fraction of sp³-hybridized carbons (Fsp3) is 0.636. The molecule has 0 aliphatic carbocycles. The van der Waals surface area contributed by atoms with Crippen LogP contribution in [0.1, 0.15) is 13.8 Å². The second-order valence-corrected chi connectivity index (χ2v) is 4.34. The van der Waals surface area contributed by atoms with Gasteiger partial charge in [0.05, 0.1) is 18.5 Å². The van der Waals surface area contributed by atoms with Crippen molar-refractivity contribution in [3.8, 4) is 0 Å². The minimum atomic E-state index is -0.127. The van der Waals surface area contributed by atoms with Gasteiger partial charge in [-0.05, 0) is 29.8 Å². The van der Waals surface area contributed by atoms with Crippen LogP contribution in [0.4, 0.5) is 5.69 Å². The van der Waals surface area contributed by atoms with Gasteiger partial charge in [0.25, 0.3) is 5.56 Å². The summed E-state index contributed by atoms with van der Waals surface area (Å²) in [6.45, 7) is 6.90. The van der Waals surface area contributed by atoms with Crippen LogP contribution >= 0.6 is 15.9 Å². The number of rotatable bonds is 6. The third-order valence-corrected chi connectivity index (χ3v) is 3.24. The number of anilines is 1. The van der Waals surface area contributed by atoms with E-state index >= 15 is 0 Å². The molecular weight excluding hydrogens is 286 g/mol. The monoisotopic (exact) mass is 303 g/mol. The number of likely N-dealkylation sites (N-methyl/N-ethyl adjacent to an activating group) is 1. The molecule has 6 heteroatoms. The van der Waals surface area contributed by atoms with Gasteiger partial charge in [0, 0.05) is 26.7 Å². The van der Waals surface area contributed by atoms with Crippen molar-refractivity contribution in [3.63, 3.8) is 0 Å². The van der Waals surface area contributed by atoms with Gasteiger partial charge in [-0.25, -0.2) is 4.68 Å². The van der Waals surface area contributed by atoms with Crippen molar-refractivity contribution >= 4 is 21.6 Å².